The molecule has 2 N–H and O–H groups in total. The first-order valence-electron chi connectivity index (χ1n) is 7.65. The molecule has 0 aromatic rings. The summed E-state index contributed by atoms with van der Waals surface area (Å²) in [6.45, 7) is 2.19. The van der Waals surface area contributed by atoms with Crippen LogP contribution in [0.3, 0.4) is 0 Å². The van der Waals surface area contributed by atoms with Crippen molar-refractivity contribution in [1.29, 1.82) is 0 Å². The minimum Gasteiger partial charge on any atom is -0.461 e. The Morgan fingerprint density at radius 1 is 1.17 bits per heavy atom. The molecular weight excluding hydrogens is 226 g/mol. The van der Waals surface area contributed by atoms with Gasteiger partial charge in [-0.1, -0.05) is 32.6 Å². The molecular formula is C15H27NO2. The van der Waals surface area contributed by atoms with Crippen LogP contribution in [0.1, 0.15) is 71.1 Å². The molecule has 0 bridgehead atoms. The summed E-state index contributed by atoms with van der Waals surface area (Å²) in [5, 5.41) is 0. The van der Waals surface area contributed by atoms with E-state index in [1.54, 1.807) is 0 Å². The van der Waals surface area contributed by atoms with Gasteiger partial charge in [0.25, 0.3) is 0 Å². The molecule has 104 valence electrons. The van der Waals surface area contributed by atoms with Gasteiger partial charge in [0, 0.05) is 0 Å². The molecule has 2 fully saturated rings. The zero-order chi connectivity index (χ0) is 13.0. The average Bonchev–Trinajstić information content (AvgIpc) is 2.40. The standard InChI is InChI=1S/C15H27NO2/c1-2-12-8-4-5-9-13(12)18-14(17)15(16)10-6-3-7-11-15/h12-13H,2-11,16H2,1H3. The van der Waals surface area contributed by atoms with E-state index in [1.165, 1.54) is 25.7 Å². The largest absolute Gasteiger partial charge is 0.461 e. The number of rotatable bonds is 3. The van der Waals surface area contributed by atoms with Gasteiger partial charge in [0.2, 0.25) is 0 Å². The monoisotopic (exact) mass is 253 g/mol. The van der Waals surface area contributed by atoms with Crippen LogP contribution in [0.15, 0.2) is 0 Å². The molecule has 2 rings (SSSR count). The Morgan fingerprint density at radius 3 is 2.50 bits per heavy atom. The van der Waals surface area contributed by atoms with Gasteiger partial charge in [-0.05, 0) is 44.4 Å². The molecule has 3 nitrogen and oxygen atoms in total. The fraction of sp³-hybridized carbons (Fsp3) is 0.933. The van der Waals surface area contributed by atoms with Gasteiger partial charge >= 0.3 is 5.97 Å². The number of nitrogens with two attached hydrogens (primary N) is 1. The smallest absolute Gasteiger partial charge is 0.326 e. The third-order valence-electron chi connectivity index (χ3n) is 4.77. The van der Waals surface area contributed by atoms with E-state index < -0.39 is 5.54 Å². The summed E-state index contributed by atoms with van der Waals surface area (Å²) in [5.41, 5.74) is 5.55. The predicted molar refractivity (Wildman–Crippen MR) is 72.1 cm³/mol. The van der Waals surface area contributed by atoms with Crippen LogP contribution < -0.4 is 5.73 Å². The van der Waals surface area contributed by atoms with Crippen molar-refractivity contribution in [2.24, 2.45) is 11.7 Å². The van der Waals surface area contributed by atoms with E-state index in [1.807, 2.05) is 0 Å². The van der Waals surface area contributed by atoms with Crippen molar-refractivity contribution in [1.82, 2.24) is 0 Å². The molecule has 0 amide bonds. The Morgan fingerprint density at radius 2 is 1.83 bits per heavy atom. The number of ether oxygens (including phenoxy) is 1. The molecule has 0 aliphatic heterocycles. The van der Waals surface area contributed by atoms with Gasteiger partial charge in [0.15, 0.2) is 0 Å². The molecule has 0 saturated heterocycles. The molecule has 2 unspecified atom stereocenters. The van der Waals surface area contributed by atoms with Crippen LogP contribution in [0, 0.1) is 5.92 Å². The molecule has 3 heteroatoms. The lowest BCUT2D eigenvalue weighted by atomic mass is 9.81. The summed E-state index contributed by atoms with van der Waals surface area (Å²) in [7, 11) is 0. The fourth-order valence-electron chi connectivity index (χ4n) is 3.44. The molecule has 0 aromatic carbocycles. The zero-order valence-corrected chi connectivity index (χ0v) is 11.6. The van der Waals surface area contributed by atoms with Gasteiger partial charge in [-0.3, -0.25) is 4.79 Å². The Bertz CT molecular complexity index is 284. The van der Waals surface area contributed by atoms with E-state index in [-0.39, 0.29) is 12.1 Å². The molecule has 2 atom stereocenters. The first-order chi connectivity index (χ1) is 8.65. The zero-order valence-electron chi connectivity index (χ0n) is 11.6. The van der Waals surface area contributed by atoms with E-state index in [4.69, 9.17) is 10.5 Å². The van der Waals surface area contributed by atoms with Crippen molar-refractivity contribution < 1.29 is 9.53 Å². The van der Waals surface area contributed by atoms with Gasteiger partial charge in [0.05, 0.1) is 0 Å². The quantitative estimate of drug-likeness (QED) is 0.786. The van der Waals surface area contributed by atoms with Crippen LogP contribution in [0.5, 0.6) is 0 Å². The number of esters is 1. The van der Waals surface area contributed by atoms with Crippen LogP contribution in [0.2, 0.25) is 0 Å². The summed E-state index contributed by atoms with van der Waals surface area (Å²) in [4.78, 5) is 12.3. The lowest BCUT2D eigenvalue weighted by Crippen LogP contribution is -2.52. The molecule has 2 aliphatic carbocycles. The first kappa shape index (κ1) is 13.9. The SMILES string of the molecule is CCC1CCCCC1OC(=O)C1(N)CCCCC1. The maximum Gasteiger partial charge on any atom is 0.326 e. The molecule has 0 heterocycles. The molecule has 0 aromatic heterocycles. The highest BCUT2D eigenvalue weighted by Gasteiger charge is 2.39. The van der Waals surface area contributed by atoms with E-state index in [0.29, 0.717) is 5.92 Å². The topological polar surface area (TPSA) is 52.3 Å². The lowest BCUT2D eigenvalue weighted by molar-refractivity contribution is -0.161. The van der Waals surface area contributed by atoms with Crippen LogP contribution in [0.4, 0.5) is 0 Å². The Balaban J connectivity index is 1.92. The van der Waals surface area contributed by atoms with Crippen molar-refractivity contribution in [3.63, 3.8) is 0 Å². The van der Waals surface area contributed by atoms with E-state index in [9.17, 15) is 4.79 Å². The summed E-state index contributed by atoms with van der Waals surface area (Å²) in [5.74, 6) is 0.419. The van der Waals surface area contributed by atoms with Crippen molar-refractivity contribution in [2.75, 3.05) is 0 Å². The van der Waals surface area contributed by atoms with E-state index >= 15 is 0 Å². The summed E-state index contributed by atoms with van der Waals surface area (Å²) >= 11 is 0. The fourth-order valence-corrected chi connectivity index (χ4v) is 3.44. The second-order valence-electron chi connectivity index (χ2n) is 6.11. The Kier molecular flexibility index (Phi) is 4.66. The molecule has 0 spiro atoms. The van der Waals surface area contributed by atoms with Crippen molar-refractivity contribution in [3.8, 4) is 0 Å². The second kappa shape index (κ2) is 6.05. The Labute approximate surface area is 110 Å². The van der Waals surface area contributed by atoms with Crippen molar-refractivity contribution in [3.05, 3.63) is 0 Å². The lowest BCUT2D eigenvalue weighted by Gasteiger charge is -2.36. The number of hydrogen-bond acceptors (Lipinski definition) is 3. The third-order valence-corrected chi connectivity index (χ3v) is 4.77. The molecule has 0 radical (unpaired) electrons. The summed E-state index contributed by atoms with van der Waals surface area (Å²) in [6, 6.07) is 0. The van der Waals surface area contributed by atoms with Gasteiger partial charge in [-0.2, -0.15) is 0 Å². The normalized spacial score (nSPS) is 31.9. The van der Waals surface area contributed by atoms with Crippen molar-refractivity contribution in [2.45, 2.75) is 82.8 Å². The molecule has 2 aliphatic rings. The summed E-state index contributed by atoms with van der Waals surface area (Å²) < 4.78 is 5.77. The van der Waals surface area contributed by atoms with Crippen molar-refractivity contribution >= 4 is 5.97 Å². The van der Waals surface area contributed by atoms with Crippen LogP contribution in [-0.2, 0) is 9.53 Å². The number of carbonyl (C=O) groups is 1. The second-order valence-corrected chi connectivity index (χ2v) is 6.11. The van der Waals surface area contributed by atoms with Crippen LogP contribution in [-0.4, -0.2) is 17.6 Å². The first-order valence-corrected chi connectivity index (χ1v) is 7.65. The van der Waals surface area contributed by atoms with E-state index in [2.05, 4.69) is 6.92 Å². The number of hydrogen-bond donors (Lipinski definition) is 1. The van der Waals surface area contributed by atoms with Gasteiger partial charge in [-0.15, -0.1) is 0 Å². The highest BCUT2D eigenvalue weighted by Crippen LogP contribution is 2.32. The minimum atomic E-state index is -0.687. The van der Waals surface area contributed by atoms with Crippen LogP contribution in [0.25, 0.3) is 0 Å². The van der Waals surface area contributed by atoms with Crippen LogP contribution >= 0.6 is 0 Å². The van der Waals surface area contributed by atoms with Gasteiger partial charge in [0.1, 0.15) is 11.6 Å². The highest BCUT2D eigenvalue weighted by molar-refractivity contribution is 5.80. The summed E-state index contributed by atoms with van der Waals surface area (Å²) in [6.07, 6.45) is 10.9. The maximum atomic E-state index is 12.3. The van der Waals surface area contributed by atoms with Gasteiger partial charge in [-0.25, -0.2) is 0 Å². The maximum absolute atomic E-state index is 12.3. The minimum absolute atomic E-state index is 0.124. The molecule has 18 heavy (non-hydrogen) atoms. The van der Waals surface area contributed by atoms with Gasteiger partial charge < -0.3 is 10.5 Å². The van der Waals surface area contributed by atoms with E-state index in [0.717, 1.165) is 38.5 Å². The number of carbonyl (C=O) groups excluding carboxylic acids is 1. The average molecular weight is 253 g/mol. The molecule has 2 saturated carbocycles. The predicted octanol–water partition coefficient (Wildman–Crippen LogP) is 3.16. The highest BCUT2D eigenvalue weighted by atomic mass is 16.5. The Hall–Kier alpha value is -0.570. The third kappa shape index (κ3) is 3.05.